The van der Waals surface area contributed by atoms with Gasteiger partial charge in [-0.25, -0.2) is 0 Å². The molecular weight excluding hydrogens is 306 g/mol. The highest BCUT2D eigenvalue weighted by Gasteiger charge is 2.27. The van der Waals surface area contributed by atoms with Gasteiger partial charge in [-0.3, -0.25) is 9.59 Å². The number of carbonyl (C=O) groups is 2. The molecule has 0 saturated carbocycles. The monoisotopic (exact) mass is 333 g/mol. The zero-order valence-corrected chi connectivity index (χ0v) is 14.7. The van der Waals surface area contributed by atoms with Crippen molar-refractivity contribution in [2.45, 2.75) is 39.5 Å². The topological polar surface area (TPSA) is 70.7 Å². The van der Waals surface area contributed by atoms with Crippen molar-refractivity contribution in [1.29, 1.82) is 0 Å². The van der Waals surface area contributed by atoms with E-state index >= 15 is 0 Å². The SMILES string of the molecule is CCN(CC)C(=O)c1ccc(CNC(=O)[C@H]2NCCO[C@@H]2C)cc1. The lowest BCUT2D eigenvalue weighted by atomic mass is 10.1. The molecule has 0 aliphatic carbocycles. The van der Waals surface area contributed by atoms with Gasteiger partial charge < -0.3 is 20.3 Å². The van der Waals surface area contributed by atoms with Crippen LogP contribution in [0.15, 0.2) is 24.3 Å². The first kappa shape index (κ1) is 18.4. The summed E-state index contributed by atoms with van der Waals surface area (Å²) >= 11 is 0. The smallest absolute Gasteiger partial charge is 0.253 e. The zero-order chi connectivity index (χ0) is 17.5. The maximum Gasteiger partial charge on any atom is 0.253 e. The van der Waals surface area contributed by atoms with E-state index < -0.39 is 0 Å². The van der Waals surface area contributed by atoms with E-state index in [1.807, 2.05) is 45.0 Å². The minimum atomic E-state index is -0.317. The third-order valence-corrected chi connectivity index (χ3v) is 4.32. The Labute approximate surface area is 143 Å². The molecule has 24 heavy (non-hydrogen) atoms. The molecule has 0 spiro atoms. The molecule has 2 atom stereocenters. The molecule has 6 nitrogen and oxygen atoms in total. The minimum absolute atomic E-state index is 0.0352. The van der Waals surface area contributed by atoms with Gasteiger partial charge in [-0.2, -0.15) is 0 Å². The number of ether oxygens (including phenoxy) is 1. The van der Waals surface area contributed by atoms with Crippen molar-refractivity contribution in [3.8, 4) is 0 Å². The largest absolute Gasteiger partial charge is 0.375 e. The lowest BCUT2D eigenvalue weighted by Gasteiger charge is -2.29. The first-order chi connectivity index (χ1) is 11.6. The minimum Gasteiger partial charge on any atom is -0.375 e. The molecule has 132 valence electrons. The van der Waals surface area contributed by atoms with Gasteiger partial charge >= 0.3 is 0 Å². The Morgan fingerprint density at radius 2 is 1.92 bits per heavy atom. The van der Waals surface area contributed by atoms with E-state index in [1.165, 1.54) is 0 Å². The Hall–Kier alpha value is -1.92. The molecule has 6 heteroatoms. The Balaban J connectivity index is 1.89. The maximum atomic E-state index is 12.3. The fourth-order valence-corrected chi connectivity index (χ4v) is 2.79. The van der Waals surface area contributed by atoms with Gasteiger partial charge in [0, 0.05) is 31.7 Å². The molecular formula is C18H27N3O3. The summed E-state index contributed by atoms with van der Waals surface area (Å²) in [4.78, 5) is 26.3. The van der Waals surface area contributed by atoms with Gasteiger partial charge in [-0.05, 0) is 38.5 Å². The number of hydrogen-bond donors (Lipinski definition) is 2. The first-order valence-electron chi connectivity index (χ1n) is 8.57. The van der Waals surface area contributed by atoms with Crippen LogP contribution in [0, 0.1) is 0 Å². The van der Waals surface area contributed by atoms with Crippen LogP contribution >= 0.6 is 0 Å². The van der Waals surface area contributed by atoms with Gasteiger partial charge in [-0.15, -0.1) is 0 Å². The Kier molecular flexibility index (Phi) is 6.75. The van der Waals surface area contributed by atoms with Crippen LogP contribution in [0.25, 0.3) is 0 Å². The zero-order valence-electron chi connectivity index (χ0n) is 14.7. The molecule has 2 amide bonds. The Bertz CT molecular complexity index is 555. The van der Waals surface area contributed by atoms with E-state index in [4.69, 9.17) is 4.74 Å². The average molecular weight is 333 g/mol. The van der Waals surface area contributed by atoms with E-state index in [0.717, 1.165) is 5.56 Å². The Morgan fingerprint density at radius 1 is 1.25 bits per heavy atom. The summed E-state index contributed by atoms with van der Waals surface area (Å²) in [7, 11) is 0. The Morgan fingerprint density at radius 3 is 2.50 bits per heavy atom. The summed E-state index contributed by atoms with van der Waals surface area (Å²) in [5, 5.41) is 6.08. The van der Waals surface area contributed by atoms with Crippen LogP contribution in [-0.4, -0.2) is 55.1 Å². The lowest BCUT2D eigenvalue weighted by molar-refractivity contribution is -0.129. The van der Waals surface area contributed by atoms with E-state index in [2.05, 4.69) is 10.6 Å². The molecule has 0 unspecified atom stereocenters. The number of amides is 2. The molecule has 1 aliphatic heterocycles. The summed E-state index contributed by atoms with van der Waals surface area (Å²) in [6.07, 6.45) is -0.132. The number of benzene rings is 1. The lowest BCUT2D eigenvalue weighted by Crippen LogP contribution is -2.55. The van der Waals surface area contributed by atoms with Crippen molar-refractivity contribution in [3.05, 3.63) is 35.4 Å². The number of carbonyl (C=O) groups excluding carboxylic acids is 2. The van der Waals surface area contributed by atoms with Crippen LogP contribution in [-0.2, 0) is 16.1 Å². The van der Waals surface area contributed by atoms with Crippen LogP contribution in [0.3, 0.4) is 0 Å². The molecule has 1 heterocycles. The molecule has 1 fully saturated rings. The third kappa shape index (κ3) is 4.55. The van der Waals surface area contributed by atoms with Crippen LogP contribution < -0.4 is 10.6 Å². The molecule has 1 aromatic rings. The fourth-order valence-electron chi connectivity index (χ4n) is 2.79. The molecule has 2 rings (SSSR count). The van der Waals surface area contributed by atoms with Crippen LogP contribution in [0.2, 0.25) is 0 Å². The highest BCUT2D eigenvalue weighted by atomic mass is 16.5. The second kappa shape index (κ2) is 8.80. The van der Waals surface area contributed by atoms with Crippen molar-refractivity contribution in [1.82, 2.24) is 15.5 Å². The fraction of sp³-hybridized carbons (Fsp3) is 0.556. The predicted molar refractivity (Wildman–Crippen MR) is 92.7 cm³/mol. The van der Waals surface area contributed by atoms with Gasteiger partial charge in [0.15, 0.2) is 0 Å². The molecule has 2 N–H and O–H groups in total. The van der Waals surface area contributed by atoms with Gasteiger partial charge in [-0.1, -0.05) is 12.1 Å². The average Bonchev–Trinajstić information content (AvgIpc) is 2.61. The maximum absolute atomic E-state index is 12.3. The van der Waals surface area contributed by atoms with Crippen LogP contribution in [0.4, 0.5) is 0 Å². The molecule has 0 bridgehead atoms. The van der Waals surface area contributed by atoms with Crippen molar-refractivity contribution in [3.63, 3.8) is 0 Å². The molecule has 1 aliphatic rings. The van der Waals surface area contributed by atoms with Gasteiger partial charge in [0.25, 0.3) is 5.91 Å². The summed E-state index contributed by atoms with van der Waals surface area (Å²) in [5.74, 6) is -0.0292. The van der Waals surface area contributed by atoms with E-state index in [1.54, 1.807) is 4.90 Å². The van der Waals surface area contributed by atoms with Crippen molar-refractivity contribution in [2.24, 2.45) is 0 Å². The van der Waals surface area contributed by atoms with Gasteiger partial charge in [0.2, 0.25) is 5.91 Å². The van der Waals surface area contributed by atoms with E-state index in [9.17, 15) is 9.59 Å². The number of nitrogens with zero attached hydrogens (tertiary/aromatic N) is 1. The summed E-state index contributed by atoms with van der Waals surface area (Å²) in [6.45, 7) is 8.97. The second-order valence-corrected chi connectivity index (χ2v) is 5.90. The number of rotatable bonds is 6. The quantitative estimate of drug-likeness (QED) is 0.820. The predicted octanol–water partition coefficient (Wildman–Crippen LogP) is 1.16. The van der Waals surface area contributed by atoms with Gasteiger partial charge in [0.1, 0.15) is 6.04 Å². The second-order valence-electron chi connectivity index (χ2n) is 5.90. The van der Waals surface area contributed by atoms with Gasteiger partial charge in [0.05, 0.1) is 12.7 Å². The highest BCUT2D eigenvalue weighted by molar-refractivity contribution is 5.94. The summed E-state index contributed by atoms with van der Waals surface area (Å²) in [6, 6.07) is 7.07. The number of morpholine rings is 1. The van der Waals surface area contributed by atoms with Crippen LogP contribution in [0.1, 0.15) is 36.7 Å². The third-order valence-electron chi connectivity index (χ3n) is 4.32. The summed E-state index contributed by atoms with van der Waals surface area (Å²) < 4.78 is 5.48. The number of hydrogen-bond acceptors (Lipinski definition) is 4. The highest BCUT2D eigenvalue weighted by Crippen LogP contribution is 2.09. The van der Waals surface area contributed by atoms with Crippen molar-refractivity contribution >= 4 is 11.8 Å². The van der Waals surface area contributed by atoms with E-state index in [-0.39, 0.29) is 24.0 Å². The standard InChI is InChI=1S/C18H27N3O3/c1-4-21(5-2)18(23)15-8-6-14(7-9-15)12-20-17(22)16-13(3)24-11-10-19-16/h6-9,13,16,19H,4-5,10-12H2,1-3H3,(H,20,22)/t13-,16+/m1/s1. The molecule has 0 radical (unpaired) electrons. The number of nitrogens with one attached hydrogen (secondary N) is 2. The van der Waals surface area contributed by atoms with E-state index in [0.29, 0.717) is 38.3 Å². The summed E-state index contributed by atoms with van der Waals surface area (Å²) in [5.41, 5.74) is 1.63. The van der Waals surface area contributed by atoms with Crippen LogP contribution in [0.5, 0.6) is 0 Å². The van der Waals surface area contributed by atoms with Crippen molar-refractivity contribution in [2.75, 3.05) is 26.2 Å². The first-order valence-corrected chi connectivity index (χ1v) is 8.57. The normalized spacial score (nSPS) is 20.5. The molecule has 1 aromatic carbocycles. The molecule has 1 saturated heterocycles. The van der Waals surface area contributed by atoms with Crippen molar-refractivity contribution < 1.29 is 14.3 Å². The molecule has 0 aromatic heterocycles.